The van der Waals surface area contributed by atoms with Crippen molar-refractivity contribution >= 4 is 26.6 Å². The van der Waals surface area contributed by atoms with E-state index < -0.39 is 10.0 Å². The Labute approximate surface area is 174 Å². The van der Waals surface area contributed by atoms with Crippen molar-refractivity contribution in [2.45, 2.75) is 11.4 Å². The number of sulfonamides is 1. The first-order valence-electron chi connectivity index (χ1n) is 9.32. The second kappa shape index (κ2) is 8.04. The molecule has 0 amide bonds. The Morgan fingerprint density at radius 1 is 0.900 bits per heavy atom. The molecular formula is C23H20N2O4S. The number of aromatic amines is 1. The molecule has 1 heterocycles. The topological polar surface area (TPSA) is 79.5 Å². The highest BCUT2D eigenvalue weighted by molar-refractivity contribution is 7.92. The smallest absolute Gasteiger partial charge is 0.264 e. The molecule has 0 fully saturated rings. The third-order valence-corrected chi connectivity index (χ3v) is 6.62. The number of anilines is 1. The average Bonchev–Trinajstić information content (AvgIpc) is 2.78. The number of aromatic nitrogens is 1. The van der Waals surface area contributed by atoms with Gasteiger partial charge in [-0.05, 0) is 53.9 Å². The van der Waals surface area contributed by atoms with Crippen molar-refractivity contribution in [1.29, 1.82) is 0 Å². The Balaban J connectivity index is 1.81. The molecule has 4 aromatic rings. The molecule has 0 saturated carbocycles. The maximum atomic E-state index is 13.5. The normalized spacial score (nSPS) is 11.4. The van der Waals surface area contributed by atoms with Crippen molar-refractivity contribution < 1.29 is 13.2 Å². The lowest BCUT2D eigenvalue weighted by molar-refractivity contribution is 0.414. The number of rotatable bonds is 6. The molecule has 7 heteroatoms. The number of para-hydroxylation sites is 2. The van der Waals surface area contributed by atoms with Crippen LogP contribution in [0.3, 0.4) is 0 Å². The first kappa shape index (κ1) is 19.7. The maximum absolute atomic E-state index is 13.5. The second-order valence-corrected chi connectivity index (χ2v) is 8.60. The highest BCUT2D eigenvalue weighted by Gasteiger charge is 2.26. The highest BCUT2D eigenvalue weighted by atomic mass is 32.2. The lowest BCUT2D eigenvalue weighted by atomic mass is 10.1. The zero-order valence-corrected chi connectivity index (χ0v) is 17.1. The maximum Gasteiger partial charge on any atom is 0.264 e. The molecule has 0 aliphatic heterocycles. The summed E-state index contributed by atoms with van der Waals surface area (Å²) in [6.45, 7) is -0.0987. The van der Waals surface area contributed by atoms with Crippen molar-refractivity contribution in [3.63, 3.8) is 0 Å². The van der Waals surface area contributed by atoms with E-state index in [0.717, 1.165) is 5.39 Å². The van der Waals surface area contributed by atoms with E-state index in [0.29, 0.717) is 22.5 Å². The highest BCUT2D eigenvalue weighted by Crippen LogP contribution is 2.27. The number of nitrogens with one attached hydrogen (secondary N) is 1. The number of benzene rings is 3. The summed E-state index contributed by atoms with van der Waals surface area (Å²) >= 11 is 0. The lowest BCUT2D eigenvalue weighted by Crippen LogP contribution is -2.33. The van der Waals surface area contributed by atoms with Crippen LogP contribution in [0.25, 0.3) is 10.9 Å². The summed E-state index contributed by atoms with van der Waals surface area (Å²) in [5, 5.41) is 0.835. The third kappa shape index (κ3) is 3.79. The van der Waals surface area contributed by atoms with Crippen molar-refractivity contribution in [1.82, 2.24) is 4.98 Å². The van der Waals surface area contributed by atoms with Gasteiger partial charge in [-0.25, -0.2) is 8.42 Å². The van der Waals surface area contributed by atoms with Crippen molar-refractivity contribution in [3.05, 3.63) is 101 Å². The zero-order valence-electron chi connectivity index (χ0n) is 16.3. The van der Waals surface area contributed by atoms with Crippen LogP contribution in [0.2, 0.25) is 0 Å². The third-order valence-electron chi connectivity index (χ3n) is 4.84. The Bertz CT molecular complexity index is 1330. The van der Waals surface area contributed by atoms with Crippen LogP contribution in [-0.4, -0.2) is 20.5 Å². The largest absolute Gasteiger partial charge is 0.497 e. The minimum Gasteiger partial charge on any atom is -0.497 e. The van der Waals surface area contributed by atoms with Gasteiger partial charge < -0.3 is 9.72 Å². The summed E-state index contributed by atoms with van der Waals surface area (Å²) in [5.74, 6) is 0.561. The summed E-state index contributed by atoms with van der Waals surface area (Å²) < 4.78 is 33.3. The number of ether oxygens (including phenoxy) is 1. The van der Waals surface area contributed by atoms with E-state index >= 15 is 0 Å². The van der Waals surface area contributed by atoms with Gasteiger partial charge in [-0.2, -0.15) is 0 Å². The molecule has 4 rings (SSSR count). The van der Waals surface area contributed by atoms with E-state index in [4.69, 9.17) is 4.74 Å². The van der Waals surface area contributed by atoms with Crippen LogP contribution in [0.4, 0.5) is 5.69 Å². The standard InChI is InChI=1S/C23H20N2O4S/c1-29-20-11-13-21(14-12-20)30(27,28)25(19-8-3-2-4-9-19)16-18-15-17-7-5-6-10-22(17)24-23(18)26/h2-15H,16H2,1H3,(H,24,26). The SMILES string of the molecule is COc1ccc(S(=O)(=O)N(Cc2cc3ccccc3[nH]c2=O)c2ccccc2)cc1. The number of nitrogens with zero attached hydrogens (tertiary/aromatic N) is 1. The molecule has 0 aliphatic carbocycles. The average molecular weight is 420 g/mol. The molecule has 1 N–H and O–H groups in total. The van der Waals surface area contributed by atoms with Crippen molar-refractivity contribution in [2.24, 2.45) is 0 Å². The first-order valence-corrected chi connectivity index (χ1v) is 10.8. The predicted octanol–water partition coefficient (Wildman–Crippen LogP) is 3.93. The van der Waals surface area contributed by atoms with Crippen LogP contribution in [0.1, 0.15) is 5.56 Å². The van der Waals surface area contributed by atoms with Crippen LogP contribution in [0.5, 0.6) is 5.75 Å². The van der Waals surface area contributed by atoms with Gasteiger partial charge in [-0.1, -0.05) is 36.4 Å². The van der Waals surface area contributed by atoms with Gasteiger partial charge in [0.25, 0.3) is 15.6 Å². The molecule has 0 aliphatic rings. The van der Waals surface area contributed by atoms with Crippen LogP contribution >= 0.6 is 0 Å². The van der Waals surface area contributed by atoms with Crippen molar-refractivity contribution in [3.8, 4) is 5.75 Å². The predicted molar refractivity (Wildman–Crippen MR) is 117 cm³/mol. The lowest BCUT2D eigenvalue weighted by Gasteiger charge is -2.24. The summed E-state index contributed by atoms with van der Waals surface area (Å²) in [6, 6.07) is 24.0. The van der Waals surface area contributed by atoms with Crippen LogP contribution in [0, 0.1) is 0 Å². The van der Waals surface area contributed by atoms with E-state index in [9.17, 15) is 13.2 Å². The number of hydrogen-bond acceptors (Lipinski definition) is 4. The van der Waals surface area contributed by atoms with Gasteiger partial charge in [0, 0.05) is 11.1 Å². The fourth-order valence-corrected chi connectivity index (χ4v) is 4.69. The van der Waals surface area contributed by atoms with E-state index in [1.54, 1.807) is 42.5 Å². The monoisotopic (exact) mass is 420 g/mol. The Kier molecular flexibility index (Phi) is 5.29. The van der Waals surface area contributed by atoms with E-state index in [1.165, 1.54) is 23.5 Å². The summed E-state index contributed by atoms with van der Waals surface area (Å²) in [6.07, 6.45) is 0. The first-order chi connectivity index (χ1) is 14.5. The molecule has 30 heavy (non-hydrogen) atoms. The molecule has 0 spiro atoms. The number of methoxy groups -OCH3 is 1. The van der Waals surface area contributed by atoms with E-state index in [2.05, 4.69) is 4.98 Å². The van der Waals surface area contributed by atoms with Gasteiger partial charge in [0.15, 0.2) is 0 Å². The van der Waals surface area contributed by atoms with Crippen LogP contribution in [0.15, 0.2) is 94.6 Å². The summed E-state index contributed by atoms with van der Waals surface area (Å²) in [5.41, 5.74) is 1.21. The van der Waals surface area contributed by atoms with Gasteiger partial charge in [0.1, 0.15) is 5.75 Å². The molecular weight excluding hydrogens is 400 g/mol. The second-order valence-electron chi connectivity index (χ2n) is 6.73. The number of fused-ring (bicyclic) bond motifs is 1. The quantitative estimate of drug-likeness (QED) is 0.513. The molecule has 0 atom stereocenters. The molecule has 0 radical (unpaired) electrons. The number of hydrogen-bond donors (Lipinski definition) is 1. The van der Waals surface area contributed by atoms with Crippen LogP contribution in [-0.2, 0) is 16.6 Å². The van der Waals surface area contributed by atoms with Gasteiger partial charge in [-0.15, -0.1) is 0 Å². The number of H-pyrrole nitrogens is 1. The molecule has 0 unspecified atom stereocenters. The molecule has 6 nitrogen and oxygen atoms in total. The van der Waals surface area contributed by atoms with E-state index in [-0.39, 0.29) is 17.0 Å². The van der Waals surface area contributed by atoms with Crippen LogP contribution < -0.4 is 14.6 Å². The van der Waals surface area contributed by atoms with Gasteiger partial charge in [-0.3, -0.25) is 9.10 Å². The zero-order chi connectivity index (χ0) is 21.1. The molecule has 0 saturated heterocycles. The minimum absolute atomic E-state index is 0.0987. The van der Waals surface area contributed by atoms with Gasteiger partial charge in [0.2, 0.25) is 0 Å². The fraction of sp³-hybridized carbons (Fsp3) is 0.0870. The van der Waals surface area contributed by atoms with E-state index in [1.807, 2.05) is 30.3 Å². The van der Waals surface area contributed by atoms with Gasteiger partial charge >= 0.3 is 0 Å². The molecule has 0 bridgehead atoms. The minimum atomic E-state index is -3.92. The summed E-state index contributed by atoms with van der Waals surface area (Å²) in [7, 11) is -2.40. The Morgan fingerprint density at radius 2 is 1.57 bits per heavy atom. The molecule has 3 aromatic carbocycles. The van der Waals surface area contributed by atoms with Gasteiger partial charge in [0.05, 0.1) is 24.2 Å². The van der Waals surface area contributed by atoms with Crippen molar-refractivity contribution in [2.75, 3.05) is 11.4 Å². The Hall–Kier alpha value is -3.58. The fourth-order valence-electron chi connectivity index (χ4n) is 3.25. The number of pyridine rings is 1. The Morgan fingerprint density at radius 3 is 2.27 bits per heavy atom. The molecule has 1 aromatic heterocycles. The summed E-state index contributed by atoms with van der Waals surface area (Å²) in [4.78, 5) is 15.6. The molecule has 152 valence electrons.